The molecule has 0 saturated heterocycles. The third-order valence-corrected chi connectivity index (χ3v) is 4.02. The van der Waals surface area contributed by atoms with Crippen molar-refractivity contribution in [2.24, 2.45) is 0 Å². The van der Waals surface area contributed by atoms with Crippen LogP contribution in [0.4, 0.5) is 0 Å². The van der Waals surface area contributed by atoms with E-state index in [1.54, 1.807) is 24.1 Å². The van der Waals surface area contributed by atoms with Crippen molar-refractivity contribution in [2.45, 2.75) is 6.54 Å². The van der Waals surface area contributed by atoms with Crippen LogP contribution in [0.1, 0.15) is 15.9 Å². The molecule has 1 amide bonds. The molecule has 0 aliphatic heterocycles. The summed E-state index contributed by atoms with van der Waals surface area (Å²) in [5.74, 6) is 0.203. The van der Waals surface area contributed by atoms with Crippen molar-refractivity contribution in [1.82, 2.24) is 4.90 Å². The normalized spacial score (nSPS) is 10.6. The van der Waals surface area contributed by atoms with E-state index >= 15 is 0 Å². The first-order valence-corrected chi connectivity index (χ1v) is 7.68. The molecule has 0 unspecified atom stereocenters. The number of carbonyl (C=O) groups excluding carboxylic acids is 1. The lowest BCUT2D eigenvalue weighted by Gasteiger charge is -2.18. The Balaban J connectivity index is 1.80. The van der Waals surface area contributed by atoms with Crippen LogP contribution in [-0.4, -0.2) is 30.1 Å². The number of amides is 1. The summed E-state index contributed by atoms with van der Waals surface area (Å²) in [6.45, 7) is 0.467. The average molecular weight is 321 g/mol. The van der Waals surface area contributed by atoms with E-state index in [1.807, 2.05) is 24.3 Å². The van der Waals surface area contributed by atoms with Gasteiger partial charge < -0.3 is 14.7 Å². The third kappa shape index (κ3) is 3.18. The zero-order valence-electron chi connectivity index (χ0n) is 13.7. The van der Waals surface area contributed by atoms with Crippen LogP contribution in [0.15, 0.2) is 60.7 Å². The van der Waals surface area contributed by atoms with Crippen molar-refractivity contribution in [2.75, 3.05) is 14.2 Å². The Kier molecular flexibility index (Phi) is 4.38. The van der Waals surface area contributed by atoms with Gasteiger partial charge in [-0.2, -0.15) is 0 Å². The highest BCUT2D eigenvalue weighted by Gasteiger charge is 2.16. The topological polar surface area (TPSA) is 49.8 Å². The van der Waals surface area contributed by atoms with E-state index in [2.05, 4.69) is 18.2 Å². The Hall–Kier alpha value is -3.01. The molecule has 0 heterocycles. The summed E-state index contributed by atoms with van der Waals surface area (Å²) < 4.78 is 5.04. The summed E-state index contributed by atoms with van der Waals surface area (Å²) in [6, 6.07) is 18.9. The van der Waals surface area contributed by atoms with E-state index in [9.17, 15) is 9.90 Å². The molecule has 4 heteroatoms. The van der Waals surface area contributed by atoms with Crippen molar-refractivity contribution in [3.63, 3.8) is 0 Å². The number of ether oxygens (including phenoxy) is 1. The fourth-order valence-electron chi connectivity index (χ4n) is 2.71. The van der Waals surface area contributed by atoms with Crippen molar-refractivity contribution in [3.8, 4) is 11.5 Å². The number of fused-ring (bicyclic) bond motifs is 1. The van der Waals surface area contributed by atoms with Crippen LogP contribution in [0.3, 0.4) is 0 Å². The van der Waals surface area contributed by atoms with Crippen LogP contribution in [0, 0.1) is 0 Å². The van der Waals surface area contributed by atoms with Crippen molar-refractivity contribution in [3.05, 3.63) is 71.8 Å². The van der Waals surface area contributed by atoms with Gasteiger partial charge in [0.15, 0.2) is 0 Å². The number of rotatable bonds is 4. The van der Waals surface area contributed by atoms with Gasteiger partial charge in [-0.1, -0.05) is 36.4 Å². The smallest absolute Gasteiger partial charge is 0.257 e. The number of nitrogens with zero attached hydrogens (tertiary/aromatic N) is 1. The molecule has 0 aromatic heterocycles. The summed E-state index contributed by atoms with van der Waals surface area (Å²) in [6.07, 6.45) is 0. The Morgan fingerprint density at radius 3 is 2.50 bits per heavy atom. The molecule has 122 valence electrons. The molecule has 0 radical (unpaired) electrons. The number of phenols is 1. The van der Waals surface area contributed by atoms with Crippen LogP contribution >= 0.6 is 0 Å². The minimum atomic E-state index is -0.233. The van der Waals surface area contributed by atoms with E-state index in [4.69, 9.17) is 4.74 Å². The number of aromatic hydroxyl groups is 1. The average Bonchev–Trinajstić information content (AvgIpc) is 2.60. The second kappa shape index (κ2) is 6.62. The zero-order chi connectivity index (χ0) is 17.1. The molecule has 4 nitrogen and oxygen atoms in total. The molecule has 0 saturated carbocycles. The Morgan fingerprint density at radius 2 is 1.79 bits per heavy atom. The molecule has 3 aromatic rings. The second-order valence-electron chi connectivity index (χ2n) is 5.73. The molecular weight excluding hydrogens is 302 g/mol. The molecule has 3 rings (SSSR count). The van der Waals surface area contributed by atoms with Gasteiger partial charge in [0, 0.05) is 19.7 Å². The van der Waals surface area contributed by atoms with E-state index in [0.717, 1.165) is 10.9 Å². The van der Waals surface area contributed by atoms with Crippen molar-refractivity contribution >= 4 is 16.7 Å². The van der Waals surface area contributed by atoms with Crippen LogP contribution in [-0.2, 0) is 6.54 Å². The molecule has 1 N–H and O–H groups in total. The third-order valence-electron chi connectivity index (χ3n) is 4.02. The van der Waals surface area contributed by atoms with Crippen LogP contribution in [0.25, 0.3) is 10.8 Å². The highest BCUT2D eigenvalue weighted by molar-refractivity contribution is 5.97. The monoisotopic (exact) mass is 321 g/mol. The first-order valence-electron chi connectivity index (χ1n) is 7.68. The van der Waals surface area contributed by atoms with Crippen LogP contribution < -0.4 is 4.74 Å². The maximum absolute atomic E-state index is 12.6. The van der Waals surface area contributed by atoms with Gasteiger partial charge in [-0.15, -0.1) is 0 Å². The first kappa shape index (κ1) is 15.9. The summed E-state index contributed by atoms with van der Waals surface area (Å²) in [7, 11) is 3.24. The number of methoxy groups -OCH3 is 1. The quantitative estimate of drug-likeness (QED) is 0.794. The largest absolute Gasteiger partial charge is 0.507 e. The van der Waals surface area contributed by atoms with E-state index < -0.39 is 0 Å². The van der Waals surface area contributed by atoms with Gasteiger partial charge in [0.1, 0.15) is 11.5 Å². The molecule has 0 aliphatic carbocycles. The lowest BCUT2D eigenvalue weighted by atomic mass is 10.1. The number of phenolic OH excluding ortho intramolecular Hbond substituents is 1. The molecule has 0 atom stereocenters. The Bertz CT molecular complexity index is 889. The Labute approximate surface area is 140 Å². The molecular formula is C20H19NO3. The fraction of sp³-hybridized carbons (Fsp3) is 0.150. The highest BCUT2D eigenvalue weighted by atomic mass is 16.5. The van der Waals surface area contributed by atoms with Crippen molar-refractivity contribution < 1.29 is 14.6 Å². The van der Waals surface area contributed by atoms with Gasteiger partial charge in [0.2, 0.25) is 0 Å². The lowest BCUT2D eigenvalue weighted by Crippen LogP contribution is -2.26. The highest BCUT2D eigenvalue weighted by Crippen LogP contribution is 2.25. The second-order valence-corrected chi connectivity index (χ2v) is 5.73. The van der Waals surface area contributed by atoms with Crippen molar-refractivity contribution in [1.29, 1.82) is 0 Å². The van der Waals surface area contributed by atoms with Gasteiger partial charge in [-0.05, 0) is 34.5 Å². The molecule has 0 spiro atoms. The number of hydrogen-bond donors (Lipinski definition) is 1. The first-order chi connectivity index (χ1) is 11.6. The minimum Gasteiger partial charge on any atom is -0.507 e. The van der Waals surface area contributed by atoms with Crippen LogP contribution in [0.2, 0.25) is 0 Å². The van der Waals surface area contributed by atoms with Gasteiger partial charge >= 0.3 is 0 Å². The maximum Gasteiger partial charge on any atom is 0.257 e. The molecule has 24 heavy (non-hydrogen) atoms. The molecule has 0 aliphatic rings. The summed E-state index contributed by atoms with van der Waals surface area (Å²) in [5, 5.41) is 12.3. The number of hydrogen-bond acceptors (Lipinski definition) is 3. The van der Waals surface area contributed by atoms with E-state index in [-0.39, 0.29) is 17.2 Å². The molecule has 3 aromatic carbocycles. The van der Waals surface area contributed by atoms with Gasteiger partial charge in [-0.25, -0.2) is 0 Å². The summed E-state index contributed by atoms with van der Waals surface area (Å²) >= 11 is 0. The zero-order valence-corrected chi connectivity index (χ0v) is 13.7. The molecule has 0 fully saturated rings. The predicted molar refractivity (Wildman–Crippen MR) is 94.4 cm³/mol. The van der Waals surface area contributed by atoms with Gasteiger partial charge in [0.05, 0.1) is 12.7 Å². The Morgan fingerprint density at radius 1 is 1.04 bits per heavy atom. The van der Waals surface area contributed by atoms with E-state index in [1.165, 1.54) is 18.6 Å². The standard InChI is InChI=1S/C20H19NO3/c1-21(20(23)18-10-9-17(24-2)12-19(18)22)13-14-7-8-15-5-3-4-6-16(15)11-14/h3-12,22H,13H2,1-2H3. The van der Waals surface area contributed by atoms with E-state index in [0.29, 0.717) is 12.3 Å². The minimum absolute atomic E-state index is 0.0790. The predicted octanol–water partition coefficient (Wildman–Crippen LogP) is 3.83. The SMILES string of the molecule is COc1ccc(C(=O)N(C)Cc2ccc3ccccc3c2)c(O)c1. The molecule has 0 bridgehead atoms. The van der Waals surface area contributed by atoms with Crippen LogP contribution in [0.5, 0.6) is 11.5 Å². The summed E-state index contributed by atoms with van der Waals surface area (Å²) in [5.41, 5.74) is 1.30. The maximum atomic E-state index is 12.6. The fourth-order valence-corrected chi connectivity index (χ4v) is 2.71. The summed E-state index contributed by atoms with van der Waals surface area (Å²) in [4.78, 5) is 14.1. The van der Waals surface area contributed by atoms with Gasteiger partial charge in [-0.3, -0.25) is 4.79 Å². The number of carbonyl (C=O) groups is 1. The lowest BCUT2D eigenvalue weighted by molar-refractivity contribution is 0.0782. The van der Waals surface area contributed by atoms with Gasteiger partial charge in [0.25, 0.3) is 5.91 Å². The number of benzene rings is 3.